The van der Waals surface area contributed by atoms with Gasteiger partial charge in [0, 0.05) is 26.0 Å². The van der Waals surface area contributed by atoms with Crippen LogP contribution >= 0.6 is 0 Å². The minimum Gasteiger partial charge on any atom is -0.480 e. The fourth-order valence-electron chi connectivity index (χ4n) is 3.54. The number of aliphatic hydroxyl groups excluding tert-OH is 1. The molecule has 0 aromatic rings. The van der Waals surface area contributed by atoms with Gasteiger partial charge in [-0.25, -0.2) is 9.59 Å². The first-order valence-electron chi connectivity index (χ1n) is 10.3. The summed E-state index contributed by atoms with van der Waals surface area (Å²) in [6, 6.07) is -2.17. The van der Waals surface area contributed by atoms with Gasteiger partial charge >= 0.3 is 12.1 Å². The summed E-state index contributed by atoms with van der Waals surface area (Å²) in [6.45, 7) is 8.93. The topological polar surface area (TPSA) is 125 Å². The molecular weight excluding hydrogens is 392 g/mol. The first-order chi connectivity index (χ1) is 14.0. The van der Waals surface area contributed by atoms with E-state index in [-0.39, 0.29) is 25.5 Å². The summed E-state index contributed by atoms with van der Waals surface area (Å²) in [5, 5.41) is 22.0. The number of nitrogens with one attached hydrogen (secondary N) is 1. The number of carbonyl (C=O) groups is 3. The number of carboxylic acids is 1. The highest BCUT2D eigenvalue weighted by Crippen LogP contribution is 2.24. The highest BCUT2D eigenvalue weighted by molar-refractivity contribution is 5.90. The average Bonchev–Trinajstić information content (AvgIpc) is 3.02. The molecular formula is C21H36N2O7. The summed E-state index contributed by atoms with van der Waals surface area (Å²) in [5.74, 6) is -2.13. The number of rotatable bonds is 11. The molecule has 0 aliphatic carbocycles. The molecule has 0 aromatic carbocycles. The van der Waals surface area contributed by atoms with Crippen molar-refractivity contribution in [2.24, 2.45) is 5.92 Å². The van der Waals surface area contributed by atoms with E-state index in [0.717, 1.165) is 24.2 Å². The lowest BCUT2D eigenvalue weighted by molar-refractivity contribution is -0.149. The van der Waals surface area contributed by atoms with Gasteiger partial charge in [-0.05, 0) is 40.0 Å². The standard InChI is InChI=1S/C21H36N2O7/c1-6-7-8-9-10-14(13-29-5)17(22-20(28)30-21(2,3)4)18(25)23-12-15(24)11-16(23)19(26)27/h6,14-17,24H,1,7-13H2,2-5H3,(H,22,28)(H,26,27)/t14-,15?,16?,17-/m0/s1. The quantitative estimate of drug-likeness (QED) is 0.339. The predicted molar refractivity (Wildman–Crippen MR) is 111 cm³/mol. The number of β-amino-alcohol motifs (C(OH)–C–C–N with tert-alkyl or cyclic N) is 1. The molecule has 1 heterocycles. The number of aliphatic hydroxyl groups is 1. The van der Waals surface area contributed by atoms with Crippen molar-refractivity contribution in [2.45, 2.75) is 76.7 Å². The van der Waals surface area contributed by atoms with Crippen LogP contribution in [-0.4, -0.2) is 77.1 Å². The molecule has 0 bridgehead atoms. The molecule has 3 N–H and O–H groups in total. The Kier molecular flexibility index (Phi) is 10.3. The maximum absolute atomic E-state index is 13.3. The van der Waals surface area contributed by atoms with Crippen LogP contribution in [0.5, 0.6) is 0 Å². The van der Waals surface area contributed by atoms with E-state index in [1.807, 2.05) is 6.08 Å². The van der Waals surface area contributed by atoms with E-state index >= 15 is 0 Å². The number of aliphatic carboxylic acids is 1. The number of alkyl carbamates (subject to hydrolysis) is 1. The Balaban J connectivity index is 3.09. The SMILES string of the molecule is C=CCCCC[C@@H](COC)[C@H](NC(=O)OC(C)(C)C)C(=O)N1CC(O)CC1C(=O)O. The summed E-state index contributed by atoms with van der Waals surface area (Å²) < 4.78 is 10.6. The number of likely N-dealkylation sites (tertiary alicyclic amines) is 1. The van der Waals surface area contributed by atoms with Crippen LogP contribution in [-0.2, 0) is 19.1 Å². The van der Waals surface area contributed by atoms with E-state index in [1.165, 1.54) is 7.11 Å². The van der Waals surface area contributed by atoms with Crippen molar-refractivity contribution in [1.82, 2.24) is 10.2 Å². The summed E-state index contributed by atoms with van der Waals surface area (Å²) in [6.07, 6.45) is 3.15. The number of carboxylic acid groups (broad SMARTS) is 1. The lowest BCUT2D eigenvalue weighted by Gasteiger charge is -2.32. The number of unbranched alkanes of at least 4 members (excludes halogenated alkanes) is 2. The monoisotopic (exact) mass is 428 g/mol. The number of hydrogen-bond acceptors (Lipinski definition) is 6. The Bertz CT molecular complexity index is 603. The third-order valence-electron chi connectivity index (χ3n) is 4.87. The van der Waals surface area contributed by atoms with Crippen LogP contribution in [0.4, 0.5) is 4.79 Å². The maximum Gasteiger partial charge on any atom is 0.408 e. The minimum atomic E-state index is -1.19. The van der Waals surface area contributed by atoms with Gasteiger partial charge < -0.3 is 29.9 Å². The first kappa shape index (κ1) is 25.9. The summed E-state index contributed by atoms with van der Waals surface area (Å²) in [5.41, 5.74) is -0.758. The van der Waals surface area contributed by atoms with Crippen LogP contribution in [0.15, 0.2) is 12.7 Å². The number of ether oxygens (including phenoxy) is 2. The van der Waals surface area contributed by atoms with Gasteiger partial charge in [-0.1, -0.05) is 12.5 Å². The van der Waals surface area contributed by atoms with Gasteiger partial charge in [0.1, 0.15) is 17.7 Å². The van der Waals surface area contributed by atoms with E-state index in [1.54, 1.807) is 20.8 Å². The molecule has 1 aliphatic rings. The molecule has 1 saturated heterocycles. The number of amides is 2. The van der Waals surface area contributed by atoms with Gasteiger partial charge in [-0.15, -0.1) is 6.58 Å². The Morgan fingerprint density at radius 2 is 1.97 bits per heavy atom. The zero-order valence-corrected chi connectivity index (χ0v) is 18.4. The largest absolute Gasteiger partial charge is 0.480 e. The summed E-state index contributed by atoms with van der Waals surface area (Å²) >= 11 is 0. The summed E-state index contributed by atoms with van der Waals surface area (Å²) in [4.78, 5) is 38.5. The van der Waals surface area contributed by atoms with Gasteiger partial charge in [-0.3, -0.25) is 4.79 Å². The molecule has 2 amide bonds. The predicted octanol–water partition coefficient (Wildman–Crippen LogP) is 1.94. The van der Waals surface area contributed by atoms with Crippen LogP contribution < -0.4 is 5.32 Å². The molecule has 172 valence electrons. The van der Waals surface area contributed by atoms with Gasteiger partial charge in [0.2, 0.25) is 5.91 Å². The first-order valence-corrected chi connectivity index (χ1v) is 10.3. The van der Waals surface area contributed by atoms with Crippen molar-refractivity contribution in [3.05, 3.63) is 12.7 Å². The van der Waals surface area contributed by atoms with Crippen molar-refractivity contribution < 1.29 is 34.1 Å². The molecule has 0 radical (unpaired) electrons. The molecule has 1 aliphatic heterocycles. The number of methoxy groups -OCH3 is 1. The lowest BCUT2D eigenvalue weighted by Crippen LogP contribution is -2.56. The molecule has 1 fully saturated rings. The number of hydrogen-bond donors (Lipinski definition) is 3. The molecule has 1 rings (SSSR count). The van der Waals surface area contributed by atoms with E-state index in [4.69, 9.17) is 9.47 Å². The third-order valence-corrected chi connectivity index (χ3v) is 4.87. The Labute approximate surface area is 178 Å². The molecule has 0 spiro atoms. The lowest BCUT2D eigenvalue weighted by atomic mass is 9.92. The van der Waals surface area contributed by atoms with Crippen molar-refractivity contribution in [3.8, 4) is 0 Å². The number of nitrogens with zero attached hydrogens (tertiary/aromatic N) is 1. The average molecular weight is 429 g/mol. The van der Waals surface area contributed by atoms with E-state index in [0.29, 0.717) is 6.42 Å². The zero-order chi connectivity index (χ0) is 22.9. The second kappa shape index (κ2) is 11.9. The van der Waals surface area contributed by atoms with E-state index in [2.05, 4.69) is 11.9 Å². The number of carbonyl (C=O) groups excluding carboxylic acids is 2. The van der Waals surface area contributed by atoms with Crippen molar-refractivity contribution in [1.29, 1.82) is 0 Å². The second-order valence-corrected chi connectivity index (χ2v) is 8.65. The number of allylic oxidation sites excluding steroid dienone is 1. The van der Waals surface area contributed by atoms with Crippen LogP contribution in [0.3, 0.4) is 0 Å². The Hall–Kier alpha value is -2.13. The smallest absolute Gasteiger partial charge is 0.408 e. The van der Waals surface area contributed by atoms with Crippen LogP contribution in [0.1, 0.15) is 52.9 Å². The normalized spacial score (nSPS) is 21.0. The molecule has 9 nitrogen and oxygen atoms in total. The van der Waals surface area contributed by atoms with E-state index in [9.17, 15) is 24.6 Å². The van der Waals surface area contributed by atoms with Crippen molar-refractivity contribution >= 4 is 18.0 Å². The minimum absolute atomic E-state index is 0.0471. The van der Waals surface area contributed by atoms with Crippen molar-refractivity contribution in [3.63, 3.8) is 0 Å². The fourth-order valence-corrected chi connectivity index (χ4v) is 3.54. The van der Waals surface area contributed by atoms with Crippen LogP contribution in [0, 0.1) is 5.92 Å². The highest BCUT2D eigenvalue weighted by atomic mass is 16.6. The highest BCUT2D eigenvalue weighted by Gasteiger charge is 2.43. The molecule has 2 unspecified atom stereocenters. The molecule has 0 aromatic heterocycles. The van der Waals surface area contributed by atoms with E-state index < -0.39 is 41.8 Å². The van der Waals surface area contributed by atoms with Gasteiger partial charge in [0.15, 0.2) is 0 Å². The second-order valence-electron chi connectivity index (χ2n) is 8.65. The Morgan fingerprint density at radius 1 is 1.30 bits per heavy atom. The van der Waals surface area contributed by atoms with Gasteiger partial charge in [-0.2, -0.15) is 0 Å². The van der Waals surface area contributed by atoms with Crippen LogP contribution in [0.2, 0.25) is 0 Å². The fraction of sp³-hybridized carbons (Fsp3) is 0.762. The summed E-state index contributed by atoms with van der Waals surface area (Å²) in [7, 11) is 1.51. The molecule has 9 heteroatoms. The van der Waals surface area contributed by atoms with Gasteiger partial charge in [0.25, 0.3) is 0 Å². The van der Waals surface area contributed by atoms with Crippen LogP contribution in [0.25, 0.3) is 0 Å². The zero-order valence-electron chi connectivity index (χ0n) is 18.4. The Morgan fingerprint density at radius 3 is 2.50 bits per heavy atom. The molecule has 4 atom stereocenters. The molecule has 30 heavy (non-hydrogen) atoms. The van der Waals surface area contributed by atoms with Gasteiger partial charge in [0.05, 0.1) is 12.7 Å². The third kappa shape index (κ3) is 8.31. The molecule has 0 saturated carbocycles. The maximum atomic E-state index is 13.3. The van der Waals surface area contributed by atoms with Crippen molar-refractivity contribution in [2.75, 3.05) is 20.3 Å².